The van der Waals surface area contributed by atoms with Crippen LogP contribution in [0.2, 0.25) is 0 Å². The fourth-order valence-electron chi connectivity index (χ4n) is 6.29. The highest BCUT2D eigenvalue weighted by Crippen LogP contribution is 2.44. The van der Waals surface area contributed by atoms with E-state index in [0.29, 0.717) is 58.0 Å². The van der Waals surface area contributed by atoms with E-state index in [1.54, 1.807) is 4.31 Å². The Balaban J connectivity index is 1.45. The third kappa shape index (κ3) is 8.43. The van der Waals surface area contributed by atoms with Gasteiger partial charge in [-0.1, -0.05) is 38.6 Å². The van der Waals surface area contributed by atoms with Crippen LogP contribution < -0.4 is 5.32 Å². The lowest BCUT2D eigenvalue weighted by Gasteiger charge is -2.38. The summed E-state index contributed by atoms with van der Waals surface area (Å²) in [7, 11) is -3.38. The molecule has 1 saturated heterocycles. The Hall–Kier alpha value is -1.68. The number of sulfonamides is 1. The number of nitrogens with zero attached hydrogens (tertiary/aromatic N) is 1. The quantitative estimate of drug-likeness (QED) is 0.257. The molecule has 2 fully saturated rings. The first-order valence-corrected chi connectivity index (χ1v) is 16.2. The summed E-state index contributed by atoms with van der Waals surface area (Å²) in [6.45, 7) is 11.3. The molecule has 1 unspecified atom stereocenters. The Morgan fingerprint density at radius 2 is 1.68 bits per heavy atom. The Morgan fingerprint density at radius 1 is 1.05 bits per heavy atom. The van der Waals surface area contributed by atoms with Crippen LogP contribution in [-0.4, -0.2) is 49.7 Å². The molecule has 10 heteroatoms. The molecular formula is C30H45F5N2O2S. The molecular weight excluding hydrogens is 547 g/mol. The Morgan fingerprint density at radius 3 is 2.20 bits per heavy atom. The largest absolute Gasteiger partial charge is 0.453 e. The third-order valence-corrected chi connectivity index (χ3v) is 10.9. The highest BCUT2D eigenvalue weighted by molar-refractivity contribution is 7.89. The first kappa shape index (κ1) is 32.8. The first-order valence-electron chi connectivity index (χ1n) is 14.6. The minimum absolute atomic E-state index is 0.0701. The second kappa shape index (κ2) is 13.5. The number of rotatable bonds is 12. The number of piperidine rings is 1. The number of alkyl halides is 5. The van der Waals surface area contributed by atoms with Gasteiger partial charge in [0.15, 0.2) is 0 Å². The predicted octanol–water partition coefficient (Wildman–Crippen LogP) is 7.42. The molecule has 1 aromatic rings. The molecule has 0 radical (unpaired) electrons. The number of benzene rings is 1. The number of halogens is 5. The van der Waals surface area contributed by atoms with Gasteiger partial charge in [0.05, 0.1) is 5.75 Å². The van der Waals surface area contributed by atoms with Crippen LogP contribution in [0.25, 0.3) is 0 Å². The van der Waals surface area contributed by atoms with Crippen molar-refractivity contribution in [1.82, 2.24) is 9.62 Å². The van der Waals surface area contributed by atoms with E-state index in [0.717, 1.165) is 29.7 Å². The van der Waals surface area contributed by atoms with Crippen LogP contribution in [0, 0.1) is 24.7 Å². The van der Waals surface area contributed by atoms with Gasteiger partial charge in [0.2, 0.25) is 10.0 Å². The van der Waals surface area contributed by atoms with Crippen molar-refractivity contribution < 1.29 is 30.4 Å². The molecule has 1 atom stereocenters. The average Bonchev–Trinajstić information content (AvgIpc) is 2.90. The van der Waals surface area contributed by atoms with E-state index < -0.39 is 34.5 Å². The molecule has 4 nitrogen and oxygen atoms in total. The maximum atomic E-state index is 13.5. The van der Waals surface area contributed by atoms with Gasteiger partial charge >= 0.3 is 12.1 Å². The van der Waals surface area contributed by atoms with Crippen molar-refractivity contribution in [3.8, 4) is 0 Å². The maximum absolute atomic E-state index is 13.5. The van der Waals surface area contributed by atoms with E-state index in [9.17, 15) is 30.4 Å². The van der Waals surface area contributed by atoms with Crippen LogP contribution >= 0.6 is 0 Å². The molecule has 0 spiro atoms. The summed E-state index contributed by atoms with van der Waals surface area (Å²) in [5.41, 5.74) is 4.28. The van der Waals surface area contributed by atoms with Crippen LogP contribution in [0.5, 0.6) is 0 Å². The van der Waals surface area contributed by atoms with Crippen LogP contribution in [0.4, 0.5) is 22.0 Å². The van der Waals surface area contributed by atoms with Crippen LogP contribution in [0.1, 0.15) is 81.9 Å². The summed E-state index contributed by atoms with van der Waals surface area (Å²) in [5.74, 6) is -4.86. The second-order valence-electron chi connectivity index (χ2n) is 11.7. The summed E-state index contributed by atoms with van der Waals surface area (Å²) in [6.07, 6.45) is -1.13. The average molecular weight is 593 g/mol. The zero-order valence-electron chi connectivity index (χ0n) is 24.0. The molecule has 40 heavy (non-hydrogen) atoms. The van der Waals surface area contributed by atoms with Crippen LogP contribution in [0.3, 0.4) is 0 Å². The van der Waals surface area contributed by atoms with Crippen molar-refractivity contribution in [2.24, 2.45) is 17.8 Å². The molecule has 2 aliphatic rings. The normalized spacial score (nSPS) is 22.7. The summed E-state index contributed by atoms with van der Waals surface area (Å²) < 4.78 is 92.5. The monoisotopic (exact) mass is 592 g/mol. The molecule has 0 amide bonds. The van der Waals surface area contributed by atoms with Crippen LogP contribution in [0.15, 0.2) is 30.5 Å². The van der Waals surface area contributed by atoms with Crippen LogP contribution in [-0.2, 0) is 22.9 Å². The summed E-state index contributed by atoms with van der Waals surface area (Å²) in [6, 6.07) is 6.27. The SMILES string of the molecule is C=C(NC(CC)[C@H]1CC[C@H](CC(F)(F)C(F)(F)F)CC1)C1CCN(S(=O)(=O)CCc2ccc(CC)cc2C)CC1. The molecule has 1 aromatic carbocycles. The van der Waals surface area contributed by atoms with E-state index in [4.69, 9.17) is 0 Å². The Bertz CT molecular complexity index is 1090. The minimum Gasteiger partial charge on any atom is -0.386 e. The van der Waals surface area contributed by atoms with E-state index in [1.165, 1.54) is 5.56 Å². The van der Waals surface area contributed by atoms with E-state index in [2.05, 4.69) is 31.0 Å². The molecule has 3 rings (SSSR count). The molecule has 1 aliphatic carbocycles. The van der Waals surface area contributed by atoms with Crippen molar-refractivity contribution in [2.75, 3.05) is 18.8 Å². The predicted molar refractivity (Wildman–Crippen MR) is 150 cm³/mol. The zero-order chi connectivity index (χ0) is 29.7. The van der Waals surface area contributed by atoms with E-state index in [1.807, 2.05) is 19.9 Å². The number of hydrogen-bond acceptors (Lipinski definition) is 3. The molecule has 228 valence electrons. The highest BCUT2D eigenvalue weighted by atomic mass is 32.2. The lowest BCUT2D eigenvalue weighted by molar-refractivity contribution is -0.288. The second-order valence-corrected chi connectivity index (χ2v) is 13.8. The van der Waals surface area contributed by atoms with Gasteiger partial charge in [-0.3, -0.25) is 0 Å². The first-order chi connectivity index (χ1) is 18.7. The number of hydrogen-bond donors (Lipinski definition) is 1. The smallest absolute Gasteiger partial charge is 0.386 e. The van der Waals surface area contributed by atoms with Crippen molar-refractivity contribution in [1.29, 1.82) is 0 Å². The highest BCUT2D eigenvalue weighted by Gasteiger charge is 2.58. The van der Waals surface area contributed by atoms with Gasteiger partial charge in [0.1, 0.15) is 0 Å². The van der Waals surface area contributed by atoms with Gasteiger partial charge in [-0.2, -0.15) is 22.0 Å². The molecule has 1 heterocycles. The van der Waals surface area contributed by atoms with Gasteiger partial charge in [-0.05, 0) is 93.2 Å². The molecule has 1 aliphatic heterocycles. The molecule has 1 saturated carbocycles. The van der Waals surface area contributed by atoms with E-state index in [-0.39, 0.29) is 23.6 Å². The standard InChI is InChI=1S/C30H45F5N2O2S/c1-5-23-7-10-25(21(3)19-23)15-18-40(38,39)37-16-13-26(14-17-37)22(4)36-28(6-2)27-11-8-24(9-12-27)20-29(31,32)30(33,34)35/h7,10,19,24,26-28,36H,4-6,8-9,11-18,20H2,1-3H3/t24-,27-,28?. The fourth-order valence-corrected chi connectivity index (χ4v) is 7.79. The number of nitrogens with one attached hydrogen (secondary N) is 1. The van der Waals surface area contributed by atoms with Gasteiger partial charge in [-0.25, -0.2) is 12.7 Å². The maximum Gasteiger partial charge on any atom is 0.453 e. The third-order valence-electron chi connectivity index (χ3n) is 9.02. The Labute approximate surface area is 236 Å². The summed E-state index contributed by atoms with van der Waals surface area (Å²) >= 11 is 0. The fraction of sp³-hybridized carbons (Fsp3) is 0.733. The summed E-state index contributed by atoms with van der Waals surface area (Å²) in [5, 5.41) is 3.52. The minimum atomic E-state index is -5.50. The Kier molecular flexibility index (Phi) is 11.1. The van der Waals surface area contributed by atoms with Gasteiger partial charge in [0, 0.05) is 37.2 Å². The van der Waals surface area contributed by atoms with Crippen molar-refractivity contribution in [2.45, 2.75) is 103 Å². The lowest BCUT2D eigenvalue weighted by atomic mass is 9.75. The van der Waals surface area contributed by atoms with Gasteiger partial charge < -0.3 is 5.32 Å². The molecule has 1 N–H and O–H groups in total. The van der Waals surface area contributed by atoms with E-state index >= 15 is 0 Å². The number of aryl methyl sites for hydroxylation is 3. The molecule has 0 bridgehead atoms. The number of allylic oxidation sites excluding steroid dienone is 1. The van der Waals surface area contributed by atoms with Crippen molar-refractivity contribution >= 4 is 10.0 Å². The lowest BCUT2D eigenvalue weighted by Crippen LogP contribution is -2.44. The van der Waals surface area contributed by atoms with Crippen molar-refractivity contribution in [3.63, 3.8) is 0 Å². The summed E-state index contributed by atoms with van der Waals surface area (Å²) in [4.78, 5) is 0. The molecule has 0 aromatic heterocycles. The van der Waals surface area contributed by atoms with Crippen molar-refractivity contribution in [3.05, 3.63) is 47.2 Å². The zero-order valence-corrected chi connectivity index (χ0v) is 24.8. The van der Waals surface area contributed by atoms with Gasteiger partial charge in [0.25, 0.3) is 0 Å². The topological polar surface area (TPSA) is 49.4 Å². The van der Waals surface area contributed by atoms with Gasteiger partial charge in [-0.15, -0.1) is 0 Å².